The second-order valence-electron chi connectivity index (χ2n) is 11.2. The molecular formula is C28H38N6O5. The lowest BCUT2D eigenvalue weighted by molar-refractivity contribution is -0.126. The molecule has 0 radical (unpaired) electrons. The number of nitrogens with zero attached hydrogens (tertiary/aromatic N) is 3. The maximum atomic E-state index is 12.7. The van der Waals surface area contributed by atoms with Crippen LogP contribution in [0, 0.1) is 11.8 Å². The average Bonchev–Trinajstić information content (AvgIpc) is 3.33. The van der Waals surface area contributed by atoms with Crippen molar-refractivity contribution in [2.45, 2.75) is 78.6 Å². The predicted molar refractivity (Wildman–Crippen MR) is 147 cm³/mol. The van der Waals surface area contributed by atoms with Crippen LogP contribution in [0.3, 0.4) is 0 Å². The Hall–Kier alpha value is -3.89. The van der Waals surface area contributed by atoms with E-state index < -0.39 is 22.9 Å². The van der Waals surface area contributed by atoms with Gasteiger partial charge in [0.1, 0.15) is 5.60 Å². The smallest absolute Gasteiger partial charge is 0.407 e. The summed E-state index contributed by atoms with van der Waals surface area (Å²) in [6.45, 7) is 9.24. The Morgan fingerprint density at radius 1 is 1.05 bits per heavy atom. The molecule has 3 aromatic rings. The summed E-state index contributed by atoms with van der Waals surface area (Å²) in [5, 5.41) is 5.88. The van der Waals surface area contributed by atoms with Gasteiger partial charge in [-0.1, -0.05) is 24.3 Å². The molecule has 2 aromatic heterocycles. The highest BCUT2D eigenvalue weighted by atomic mass is 16.6. The van der Waals surface area contributed by atoms with Crippen molar-refractivity contribution < 1.29 is 14.3 Å². The highest BCUT2D eigenvalue weighted by Crippen LogP contribution is 2.28. The molecule has 11 nitrogen and oxygen atoms in total. The van der Waals surface area contributed by atoms with Crippen LogP contribution in [0.5, 0.6) is 0 Å². The summed E-state index contributed by atoms with van der Waals surface area (Å²) >= 11 is 0. The fraction of sp³-hybridized carbons (Fsp3) is 0.536. The van der Waals surface area contributed by atoms with E-state index in [-0.39, 0.29) is 18.4 Å². The van der Waals surface area contributed by atoms with E-state index in [4.69, 9.17) is 4.74 Å². The van der Waals surface area contributed by atoms with E-state index in [1.165, 1.54) is 4.57 Å². The number of fused-ring (bicyclic) bond motifs is 1. The Balaban J connectivity index is 1.26. The Morgan fingerprint density at radius 3 is 2.36 bits per heavy atom. The number of imidazole rings is 1. The number of carbonyl (C=O) groups is 2. The van der Waals surface area contributed by atoms with Crippen molar-refractivity contribution in [1.82, 2.24) is 29.7 Å². The molecule has 1 aliphatic rings. The number of amides is 2. The summed E-state index contributed by atoms with van der Waals surface area (Å²) in [6, 6.07) is 7.66. The maximum absolute atomic E-state index is 12.7. The van der Waals surface area contributed by atoms with Crippen molar-refractivity contribution in [2.24, 2.45) is 11.8 Å². The number of hydrogen-bond donors (Lipinski definition) is 3. The van der Waals surface area contributed by atoms with Crippen molar-refractivity contribution in [3.8, 4) is 0 Å². The third-order valence-electron chi connectivity index (χ3n) is 7.08. The quantitative estimate of drug-likeness (QED) is 0.403. The lowest BCUT2D eigenvalue weighted by Gasteiger charge is -2.28. The van der Waals surface area contributed by atoms with Crippen LogP contribution in [0.15, 0.2) is 40.2 Å². The second-order valence-corrected chi connectivity index (χ2v) is 11.2. The van der Waals surface area contributed by atoms with E-state index in [0.717, 1.165) is 36.8 Å². The molecule has 11 heteroatoms. The first-order chi connectivity index (χ1) is 18.5. The van der Waals surface area contributed by atoms with Crippen LogP contribution in [0.4, 0.5) is 4.79 Å². The first kappa shape index (κ1) is 28.1. The van der Waals surface area contributed by atoms with Crippen molar-refractivity contribution >= 4 is 23.2 Å². The van der Waals surface area contributed by atoms with E-state index in [1.54, 1.807) is 10.9 Å². The van der Waals surface area contributed by atoms with Crippen molar-refractivity contribution in [3.63, 3.8) is 0 Å². The second kappa shape index (κ2) is 11.9. The molecule has 2 amide bonds. The summed E-state index contributed by atoms with van der Waals surface area (Å²) in [6.07, 6.45) is 4.52. The lowest BCUT2D eigenvalue weighted by atomic mass is 9.81. The van der Waals surface area contributed by atoms with Crippen LogP contribution in [-0.4, -0.2) is 43.2 Å². The number of aromatic amines is 1. The number of aryl methyl sites for hydroxylation is 1. The van der Waals surface area contributed by atoms with Crippen LogP contribution in [0.1, 0.15) is 64.5 Å². The molecule has 0 saturated heterocycles. The molecule has 0 unspecified atom stereocenters. The molecule has 1 saturated carbocycles. The molecule has 39 heavy (non-hydrogen) atoms. The van der Waals surface area contributed by atoms with Crippen LogP contribution in [0.2, 0.25) is 0 Å². The van der Waals surface area contributed by atoms with Crippen molar-refractivity contribution in [2.75, 3.05) is 6.54 Å². The first-order valence-corrected chi connectivity index (χ1v) is 13.5. The SMILES string of the molecule is CCn1cnc2c1c(=O)[nH]c(=O)n2Cc1ccc(CNC(=O)C2CCC(CNC(=O)OC(C)(C)C)CC2)cc1. The van der Waals surface area contributed by atoms with E-state index in [1.807, 2.05) is 52.0 Å². The van der Waals surface area contributed by atoms with Gasteiger partial charge in [0.2, 0.25) is 5.91 Å². The lowest BCUT2D eigenvalue weighted by Crippen LogP contribution is -2.38. The maximum Gasteiger partial charge on any atom is 0.407 e. The minimum atomic E-state index is -0.519. The first-order valence-electron chi connectivity index (χ1n) is 13.5. The summed E-state index contributed by atoms with van der Waals surface area (Å²) in [5.41, 5.74) is 1.11. The minimum Gasteiger partial charge on any atom is -0.444 e. The van der Waals surface area contributed by atoms with E-state index in [2.05, 4.69) is 20.6 Å². The van der Waals surface area contributed by atoms with Gasteiger partial charge in [0.15, 0.2) is 11.2 Å². The molecule has 2 heterocycles. The van der Waals surface area contributed by atoms with Crippen molar-refractivity contribution in [1.29, 1.82) is 0 Å². The highest BCUT2D eigenvalue weighted by molar-refractivity contribution is 5.78. The monoisotopic (exact) mass is 538 g/mol. The predicted octanol–water partition coefficient (Wildman–Crippen LogP) is 2.90. The number of benzene rings is 1. The van der Waals surface area contributed by atoms with Gasteiger partial charge in [-0.2, -0.15) is 0 Å². The van der Waals surface area contributed by atoms with Crippen LogP contribution < -0.4 is 21.9 Å². The number of carbonyl (C=O) groups excluding carboxylic acids is 2. The molecule has 0 atom stereocenters. The molecule has 1 aromatic carbocycles. The fourth-order valence-electron chi connectivity index (χ4n) is 4.96. The van der Waals surface area contributed by atoms with Gasteiger partial charge in [0, 0.05) is 25.6 Å². The summed E-state index contributed by atoms with van der Waals surface area (Å²) in [4.78, 5) is 56.0. The molecule has 3 N–H and O–H groups in total. The Labute approximate surface area is 227 Å². The van der Waals surface area contributed by atoms with Gasteiger partial charge in [-0.3, -0.25) is 19.1 Å². The molecule has 0 aliphatic heterocycles. The Kier molecular flexibility index (Phi) is 8.57. The molecule has 210 valence electrons. The molecule has 4 rings (SSSR count). The number of hydrogen-bond acceptors (Lipinski definition) is 6. The van der Waals surface area contributed by atoms with E-state index >= 15 is 0 Å². The van der Waals surface area contributed by atoms with Gasteiger partial charge in [-0.15, -0.1) is 0 Å². The van der Waals surface area contributed by atoms with Crippen LogP contribution >= 0.6 is 0 Å². The standard InChI is InChI=1S/C28H38N6O5/c1-5-33-17-31-23-22(33)25(36)32-26(37)34(23)16-20-8-6-18(7-9-20)14-29-24(35)21-12-10-19(11-13-21)15-30-27(38)39-28(2,3)4/h6-9,17,19,21H,5,10-16H2,1-4H3,(H,29,35)(H,30,38)(H,32,36,37). The fourth-order valence-corrected chi connectivity index (χ4v) is 4.96. The average molecular weight is 539 g/mol. The molecule has 1 aliphatic carbocycles. The van der Waals surface area contributed by atoms with Gasteiger partial charge >= 0.3 is 11.8 Å². The number of aromatic nitrogens is 4. The minimum absolute atomic E-state index is 0.0282. The molecule has 0 bridgehead atoms. The van der Waals surface area contributed by atoms with E-state index in [9.17, 15) is 19.2 Å². The zero-order valence-corrected chi connectivity index (χ0v) is 23.1. The highest BCUT2D eigenvalue weighted by Gasteiger charge is 2.27. The Morgan fingerprint density at radius 2 is 1.72 bits per heavy atom. The van der Waals surface area contributed by atoms with Gasteiger partial charge in [-0.05, 0) is 70.4 Å². The third-order valence-corrected chi connectivity index (χ3v) is 7.08. The topological polar surface area (TPSA) is 140 Å². The number of rotatable bonds is 8. The van der Waals surface area contributed by atoms with Crippen LogP contribution in [-0.2, 0) is 29.2 Å². The zero-order chi connectivity index (χ0) is 28.2. The number of nitrogens with one attached hydrogen (secondary N) is 3. The van der Waals surface area contributed by atoms with Gasteiger partial charge < -0.3 is 19.9 Å². The summed E-state index contributed by atoms with van der Waals surface area (Å²) < 4.78 is 8.45. The third kappa shape index (κ3) is 7.15. The zero-order valence-electron chi connectivity index (χ0n) is 23.1. The normalized spacial score (nSPS) is 17.6. The molecule has 0 spiro atoms. The van der Waals surface area contributed by atoms with Gasteiger partial charge in [0.25, 0.3) is 5.56 Å². The van der Waals surface area contributed by atoms with Crippen molar-refractivity contribution in [3.05, 3.63) is 62.6 Å². The number of alkyl carbamates (subject to hydrolysis) is 1. The number of ether oxygens (including phenoxy) is 1. The summed E-state index contributed by atoms with van der Waals surface area (Å²) in [7, 11) is 0. The van der Waals surface area contributed by atoms with Gasteiger partial charge in [-0.25, -0.2) is 14.6 Å². The molecular weight excluding hydrogens is 500 g/mol. The van der Waals surface area contributed by atoms with E-state index in [0.29, 0.717) is 36.7 Å². The number of H-pyrrole nitrogens is 1. The summed E-state index contributed by atoms with van der Waals surface area (Å²) in [5.74, 6) is 0.367. The van der Waals surface area contributed by atoms with Gasteiger partial charge in [0.05, 0.1) is 12.9 Å². The van der Waals surface area contributed by atoms with Crippen LogP contribution in [0.25, 0.3) is 11.2 Å². The molecule has 1 fully saturated rings. The Bertz CT molecular complexity index is 1420. The largest absolute Gasteiger partial charge is 0.444 e.